The molecule has 4 heteroatoms. The Bertz CT molecular complexity index is 523. The molecule has 4 nitrogen and oxygen atoms in total. The van der Waals surface area contributed by atoms with Crippen molar-refractivity contribution in [1.29, 1.82) is 0 Å². The van der Waals surface area contributed by atoms with Gasteiger partial charge in [-0.05, 0) is 37.0 Å². The summed E-state index contributed by atoms with van der Waals surface area (Å²) in [7, 11) is 3.47. The van der Waals surface area contributed by atoms with Crippen LogP contribution in [0.1, 0.15) is 45.2 Å². The van der Waals surface area contributed by atoms with Crippen LogP contribution in [0.4, 0.5) is 0 Å². The van der Waals surface area contributed by atoms with Crippen molar-refractivity contribution < 1.29 is 18.9 Å². The highest BCUT2D eigenvalue weighted by Gasteiger charge is 2.23. The van der Waals surface area contributed by atoms with E-state index in [2.05, 4.69) is 52.8 Å². The summed E-state index contributed by atoms with van der Waals surface area (Å²) < 4.78 is 22.6. The van der Waals surface area contributed by atoms with Gasteiger partial charge < -0.3 is 18.9 Å². The fraction of sp³-hybridized carbons (Fsp3) is 0.727. The quantitative estimate of drug-likeness (QED) is 0.476. The van der Waals surface area contributed by atoms with Crippen LogP contribution in [0, 0.1) is 17.8 Å². The van der Waals surface area contributed by atoms with E-state index in [9.17, 15) is 0 Å². The molecule has 0 aliphatic carbocycles. The van der Waals surface area contributed by atoms with Crippen LogP contribution in [0.3, 0.4) is 0 Å². The molecule has 0 amide bonds. The first kappa shape index (κ1) is 22.9. The van der Waals surface area contributed by atoms with Gasteiger partial charge in [0.15, 0.2) is 0 Å². The van der Waals surface area contributed by atoms with E-state index >= 15 is 0 Å². The summed E-state index contributed by atoms with van der Waals surface area (Å²) in [6, 6.07) is 6.43. The molecule has 1 rings (SSSR count). The maximum absolute atomic E-state index is 6.20. The molecule has 0 aromatic heterocycles. The first-order valence-electron chi connectivity index (χ1n) is 9.47. The normalized spacial score (nSPS) is 12.4. The summed E-state index contributed by atoms with van der Waals surface area (Å²) in [5, 5.41) is 0. The Hall–Kier alpha value is -1.10. The van der Waals surface area contributed by atoms with Crippen molar-refractivity contribution in [1.82, 2.24) is 0 Å². The summed E-state index contributed by atoms with van der Waals surface area (Å²) in [5.41, 5.74) is 2.42. The standard InChI is InChI=1S/C22H38O4/c1-18-10-11-19(9-8-12-23-6)20(13-18)26-17-22(4,5)16-25-15-21(2,3)14-24-7/h10-11,13H,8-9,12,14-17H2,1-7H3. The maximum Gasteiger partial charge on any atom is 0.122 e. The molecule has 0 spiro atoms. The summed E-state index contributed by atoms with van der Waals surface area (Å²) in [6.45, 7) is 14.2. The SMILES string of the molecule is COCCCc1ccc(C)cc1OCC(C)(C)COCC(C)(C)COC. The molecule has 0 saturated heterocycles. The van der Waals surface area contributed by atoms with Crippen LogP contribution < -0.4 is 4.74 Å². The van der Waals surface area contributed by atoms with Crippen LogP contribution in [0.5, 0.6) is 5.75 Å². The summed E-state index contributed by atoms with van der Waals surface area (Å²) in [6.07, 6.45) is 1.96. The molecule has 0 atom stereocenters. The molecule has 1 aromatic rings. The molecule has 0 aliphatic heterocycles. The van der Waals surface area contributed by atoms with Crippen LogP contribution >= 0.6 is 0 Å². The smallest absolute Gasteiger partial charge is 0.122 e. The van der Waals surface area contributed by atoms with E-state index in [1.807, 2.05) is 0 Å². The molecule has 0 aliphatic rings. The van der Waals surface area contributed by atoms with Gasteiger partial charge in [-0.3, -0.25) is 0 Å². The van der Waals surface area contributed by atoms with Gasteiger partial charge in [0.2, 0.25) is 0 Å². The fourth-order valence-electron chi connectivity index (χ4n) is 2.76. The first-order chi connectivity index (χ1) is 12.2. The Morgan fingerprint density at radius 3 is 2.12 bits per heavy atom. The third-order valence-electron chi connectivity index (χ3n) is 4.16. The van der Waals surface area contributed by atoms with Crippen LogP contribution in [0.15, 0.2) is 18.2 Å². The largest absolute Gasteiger partial charge is 0.493 e. The number of ether oxygens (including phenoxy) is 4. The summed E-state index contributed by atoms with van der Waals surface area (Å²) in [5.74, 6) is 0.980. The van der Waals surface area contributed by atoms with Crippen molar-refractivity contribution >= 4 is 0 Å². The van der Waals surface area contributed by atoms with Gasteiger partial charge in [-0.25, -0.2) is 0 Å². The van der Waals surface area contributed by atoms with Crippen molar-refractivity contribution in [2.75, 3.05) is 47.3 Å². The highest BCUT2D eigenvalue weighted by molar-refractivity contribution is 5.37. The second kappa shape index (κ2) is 10.9. The lowest BCUT2D eigenvalue weighted by Crippen LogP contribution is -2.31. The topological polar surface area (TPSA) is 36.9 Å². The average molecular weight is 367 g/mol. The Balaban J connectivity index is 2.56. The molecule has 0 radical (unpaired) electrons. The Labute approximate surface area is 160 Å². The fourth-order valence-corrected chi connectivity index (χ4v) is 2.76. The van der Waals surface area contributed by atoms with Crippen molar-refractivity contribution in [2.24, 2.45) is 10.8 Å². The first-order valence-corrected chi connectivity index (χ1v) is 9.47. The van der Waals surface area contributed by atoms with Crippen molar-refractivity contribution in [2.45, 2.75) is 47.5 Å². The molecule has 0 bridgehead atoms. The highest BCUT2D eigenvalue weighted by Crippen LogP contribution is 2.26. The molecular formula is C22H38O4. The number of hydrogen-bond donors (Lipinski definition) is 0. The zero-order valence-corrected chi connectivity index (χ0v) is 17.8. The number of rotatable bonds is 13. The van der Waals surface area contributed by atoms with E-state index in [1.165, 1.54) is 11.1 Å². The third kappa shape index (κ3) is 9.02. The predicted molar refractivity (Wildman–Crippen MR) is 107 cm³/mol. The average Bonchev–Trinajstić information content (AvgIpc) is 2.54. The van der Waals surface area contributed by atoms with Gasteiger partial charge >= 0.3 is 0 Å². The van der Waals surface area contributed by atoms with Gasteiger partial charge in [0.1, 0.15) is 5.75 Å². The predicted octanol–water partition coefficient (Wildman–Crippen LogP) is 4.67. The molecule has 0 unspecified atom stereocenters. The lowest BCUT2D eigenvalue weighted by Gasteiger charge is -2.29. The molecule has 0 heterocycles. The molecule has 0 fully saturated rings. The molecular weight excluding hydrogens is 328 g/mol. The molecule has 0 N–H and O–H groups in total. The zero-order valence-electron chi connectivity index (χ0n) is 17.8. The van der Waals surface area contributed by atoms with Crippen LogP contribution in [0.2, 0.25) is 0 Å². The van der Waals surface area contributed by atoms with Gasteiger partial charge in [-0.15, -0.1) is 0 Å². The monoisotopic (exact) mass is 366 g/mol. The number of methoxy groups -OCH3 is 2. The Morgan fingerprint density at radius 1 is 0.846 bits per heavy atom. The Morgan fingerprint density at radius 2 is 1.50 bits per heavy atom. The molecule has 0 saturated carbocycles. The lowest BCUT2D eigenvalue weighted by molar-refractivity contribution is -0.0248. The molecule has 1 aromatic carbocycles. The van der Waals surface area contributed by atoms with Crippen molar-refractivity contribution in [3.8, 4) is 5.75 Å². The number of aryl methyl sites for hydroxylation is 2. The third-order valence-corrected chi connectivity index (χ3v) is 4.16. The van der Waals surface area contributed by atoms with Gasteiger partial charge in [-0.1, -0.05) is 39.8 Å². The van der Waals surface area contributed by atoms with Crippen LogP contribution in [-0.2, 0) is 20.6 Å². The van der Waals surface area contributed by atoms with Crippen molar-refractivity contribution in [3.05, 3.63) is 29.3 Å². The van der Waals surface area contributed by atoms with E-state index in [4.69, 9.17) is 18.9 Å². The van der Waals surface area contributed by atoms with E-state index in [1.54, 1.807) is 14.2 Å². The minimum Gasteiger partial charge on any atom is -0.493 e. The molecule has 26 heavy (non-hydrogen) atoms. The lowest BCUT2D eigenvalue weighted by atomic mass is 9.94. The summed E-state index contributed by atoms with van der Waals surface area (Å²) >= 11 is 0. The van der Waals surface area contributed by atoms with E-state index < -0.39 is 0 Å². The van der Waals surface area contributed by atoms with E-state index in [0.717, 1.165) is 25.2 Å². The van der Waals surface area contributed by atoms with Gasteiger partial charge in [-0.2, -0.15) is 0 Å². The highest BCUT2D eigenvalue weighted by atomic mass is 16.5. The van der Waals surface area contributed by atoms with Gasteiger partial charge in [0.05, 0.1) is 26.4 Å². The van der Waals surface area contributed by atoms with Crippen LogP contribution in [0.25, 0.3) is 0 Å². The van der Waals surface area contributed by atoms with E-state index in [-0.39, 0.29) is 10.8 Å². The van der Waals surface area contributed by atoms with Crippen LogP contribution in [-0.4, -0.2) is 47.3 Å². The van der Waals surface area contributed by atoms with E-state index in [0.29, 0.717) is 26.4 Å². The second-order valence-corrected chi connectivity index (χ2v) is 8.75. The minimum atomic E-state index is -0.0588. The van der Waals surface area contributed by atoms with Gasteiger partial charge in [0, 0.05) is 31.7 Å². The second-order valence-electron chi connectivity index (χ2n) is 8.75. The Kier molecular flexibility index (Phi) is 9.62. The maximum atomic E-state index is 6.20. The minimum absolute atomic E-state index is 0.0246. The number of hydrogen-bond acceptors (Lipinski definition) is 4. The van der Waals surface area contributed by atoms with Crippen molar-refractivity contribution in [3.63, 3.8) is 0 Å². The molecule has 150 valence electrons. The summed E-state index contributed by atoms with van der Waals surface area (Å²) in [4.78, 5) is 0. The van der Waals surface area contributed by atoms with Gasteiger partial charge in [0.25, 0.3) is 0 Å². The number of benzene rings is 1. The zero-order chi connectivity index (χ0) is 19.6.